The van der Waals surface area contributed by atoms with Crippen LogP contribution in [0.2, 0.25) is 0 Å². The van der Waals surface area contributed by atoms with Crippen LogP contribution in [0.1, 0.15) is 41.5 Å². The van der Waals surface area contributed by atoms with Crippen LogP contribution in [0.4, 0.5) is 5.69 Å². The number of nitrogen functional groups attached to an aromatic ring is 1. The van der Waals surface area contributed by atoms with E-state index >= 15 is 0 Å². The van der Waals surface area contributed by atoms with Crippen molar-refractivity contribution in [3.05, 3.63) is 46.5 Å². The Morgan fingerprint density at radius 1 is 1.23 bits per heavy atom. The Morgan fingerprint density at radius 3 is 2.88 bits per heavy atom. The molecule has 1 heterocycles. The van der Waals surface area contributed by atoms with E-state index in [1.54, 1.807) is 6.07 Å². The molecule has 4 rings (SSSR count). The van der Waals surface area contributed by atoms with Crippen molar-refractivity contribution in [3.8, 4) is 17.2 Å². The molecule has 1 saturated heterocycles. The SMILES string of the molecule is Cc1cc(N)c2c(c1Oc1ccc(O)c(CCC3CCOC3)c1)CCC2. The molecule has 2 aromatic rings. The Balaban J connectivity index is 1.55. The number of nitrogens with two attached hydrogens (primary N) is 1. The van der Waals surface area contributed by atoms with Crippen molar-refractivity contribution >= 4 is 5.69 Å². The smallest absolute Gasteiger partial charge is 0.133 e. The van der Waals surface area contributed by atoms with E-state index in [0.29, 0.717) is 11.7 Å². The first-order chi connectivity index (χ1) is 12.6. The molecule has 0 saturated carbocycles. The maximum atomic E-state index is 10.2. The minimum absolute atomic E-state index is 0.343. The second-order valence-electron chi connectivity index (χ2n) is 7.58. The number of phenolic OH excluding ortho intramolecular Hbond substituents is 1. The minimum Gasteiger partial charge on any atom is -0.508 e. The fourth-order valence-corrected chi connectivity index (χ4v) is 4.19. The summed E-state index contributed by atoms with van der Waals surface area (Å²) in [5, 5.41) is 10.2. The van der Waals surface area contributed by atoms with Gasteiger partial charge in [0, 0.05) is 24.5 Å². The number of ether oxygens (including phenoxy) is 2. The van der Waals surface area contributed by atoms with Gasteiger partial charge in [-0.15, -0.1) is 0 Å². The highest BCUT2D eigenvalue weighted by Crippen LogP contribution is 2.40. The summed E-state index contributed by atoms with van der Waals surface area (Å²) in [5.41, 5.74) is 11.6. The third-order valence-electron chi connectivity index (χ3n) is 5.69. The monoisotopic (exact) mass is 353 g/mol. The summed E-state index contributed by atoms with van der Waals surface area (Å²) >= 11 is 0. The van der Waals surface area contributed by atoms with E-state index in [4.69, 9.17) is 15.2 Å². The lowest BCUT2D eigenvalue weighted by Gasteiger charge is -2.16. The molecule has 0 radical (unpaired) electrons. The number of aryl methyl sites for hydroxylation is 2. The van der Waals surface area contributed by atoms with Crippen molar-refractivity contribution in [2.75, 3.05) is 18.9 Å². The lowest BCUT2D eigenvalue weighted by Crippen LogP contribution is -2.02. The van der Waals surface area contributed by atoms with Crippen LogP contribution >= 0.6 is 0 Å². The Hall–Kier alpha value is -2.20. The lowest BCUT2D eigenvalue weighted by molar-refractivity contribution is 0.184. The van der Waals surface area contributed by atoms with Gasteiger partial charge < -0.3 is 20.3 Å². The molecule has 1 aliphatic heterocycles. The number of anilines is 1. The van der Waals surface area contributed by atoms with E-state index in [1.807, 2.05) is 25.1 Å². The molecular formula is C22H27NO3. The van der Waals surface area contributed by atoms with E-state index in [1.165, 1.54) is 11.1 Å². The molecular weight excluding hydrogens is 326 g/mol. The van der Waals surface area contributed by atoms with Gasteiger partial charge in [-0.25, -0.2) is 0 Å². The molecule has 4 nitrogen and oxygen atoms in total. The number of hydrogen-bond donors (Lipinski definition) is 2. The first kappa shape index (κ1) is 17.2. The molecule has 0 aromatic heterocycles. The van der Waals surface area contributed by atoms with Crippen molar-refractivity contribution in [1.29, 1.82) is 0 Å². The number of benzene rings is 2. The largest absolute Gasteiger partial charge is 0.508 e. The summed E-state index contributed by atoms with van der Waals surface area (Å²) in [5.74, 6) is 2.66. The molecule has 2 aliphatic rings. The van der Waals surface area contributed by atoms with Crippen LogP contribution < -0.4 is 10.5 Å². The molecule has 138 valence electrons. The van der Waals surface area contributed by atoms with Gasteiger partial charge in [-0.1, -0.05) is 0 Å². The van der Waals surface area contributed by atoms with Gasteiger partial charge in [-0.3, -0.25) is 0 Å². The number of fused-ring (bicyclic) bond motifs is 1. The second kappa shape index (κ2) is 7.20. The highest BCUT2D eigenvalue weighted by molar-refractivity contribution is 5.62. The van der Waals surface area contributed by atoms with Crippen LogP contribution in [-0.4, -0.2) is 18.3 Å². The van der Waals surface area contributed by atoms with E-state index in [9.17, 15) is 5.11 Å². The van der Waals surface area contributed by atoms with Gasteiger partial charge >= 0.3 is 0 Å². The minimum atomic E-state index is 0.343. The summed E-state index contributed by atoms with van der Waals surface area (Å²) in [4.78, 5) is 0. The van der Waals surface area contributed by atoms with Gasteiger partial charge in [-0.05, 0) is 92.3 Å². The Kier molecular flexibility index (Phi) is 4.77. The average Bonchev–Trinajstić information content (AvgIpc) is 3.30. The average molecular weight is 353 g/mol. The molecule has 3 N–H and O–H groups in total. The Labute approximate surface area is 154 Å². The fourth-order valence-electron chi connectivity index (χ4n) is 4.19. The summed E-state index contributed by atoms with van der Waals surface area (Å²) in [7, 11) is 0. The molecule has 0 spiro atoms. The second-order valence-corrected chi connectivity index (χ2v) is 7.58. The van der Waals surface area contributed by atoms with Gasteiger partial charge in [0.2, 0.25) is 0 Å². The van der Waals surface area contributed by atoms with Crippen LogP contribution in [0.5, 0.6) is 17.2 Å². The number of aromatic hydroxyl groups is 1. The maximum absolute atomic E-state index is 10.2. The third-order valence-corrected chi connectivity index (χ3v) is 5.69. The normalized spacial score (nSPS) is 18.9. The first-order valence-corrected chi connectivity index (χ1v) is 9.60. The molecule has 0 amide bonds. The van der Waals surface area contributed by atoms with Crippen LogP contribution in [0.25, 0.3) is 0 Å². The van der Waals surface area contributed by atoms with Crippen LogP contribution in [0.15, 0.2) is 24.3 Å². The maximum Gasteiger partial charge on any atom is 0.133 e. The topological polar surface area (TPSA) is 64.7 Å². The predicted molar refractivity (Wildman–Crippen MR) is 103 cm³/mol. The molecule has 26 heavy (non-hydrogen) atoms. The fraction of sp³-hybridized carbons (Fsp3) is 0.455. The van der Waals surface area contributed by atoms with E-state index in [-0.39, 0.29) is 0 Å². The van der Waals surface area contributed by atoms with Crippen LogP contribution in [0.3, 0.4) is 0 Å². The van der Waals surface area contributed by atoms with E-state index in [2.05, 4.69) is 0 Å². The molecule has 2 aromatic carbocycles. The lowest BCUT2D eigenvalue weighted by atomic mass is 9.98. The molecule has 0 bridgehead atoms. The molecule has 1 unspecified atom stereocenters. The van der Waals surface area contributed by atoms with Crippen molar-refractivity contribution in [2.24, 2.45) is 5.92 Å². The zero-order valence-electron chi connectivity index (χ0n) is 15.4. The predicted octanol–water partition coefficient (Wildman–Crippen LogP) is 4.53. The quantitative estimate of drug-likeness (QED) is 0.775. The summed E-state index contributed by atoms with van der Waals surface area (Å²) in [6.07, 6.45) is 6.17. The van der Waals surface area contributed by atoms with Crippen molar-refractivity contribution in [1.82, 2.24) is 0 Å². The zero-order chi connectivity index (χ0) is 18.1. The molecule has 4 heteroatoms. The third kappa shape index (κ3) is 3.38. The zero-order valence-corrected chi connectivity index (χ0v) is 15.4. The van der Waals surface area contributed by atoms with Gasteiger partial charge in [0.1, 0.15) is 17.2 Å². The first-order valence-electron chi connectivity index (χ1n) is 9.60. The molecule has 1 aliphatic carbocycles. The van der Waals surface area contributed by atoms with Gasteiger partial charge in [0.25, 0.3) is 0 Å². The number of hydrogen-bond acceptors (Lipinski definition) is 4. The van der Waals surface area contributed by atoms with Crippen molar-refractivity contribution in [3.63, 3.8) is 0 Å². The molecule has 1 atom stereocenters. The van der Waals surface area contributed by atoms with Crippen molar-refractivity contribution in [2.45, 2.75) is 45.4 Å². The number of rotatable bonds is 5. The Bertz CT molecular complexity index is 810. The van der Waals surface area contributed by atoms with Gasteiger partial charge in [-0.2, -0.15) is 0 Å². The van der Waals surface area contributed by atoms with E-state index in [0.717, 1.165) is 80.1 Å². The summed E-state index contributed by atoms with van der Waals surface area (Å²) in [6.45, 7) is 3.75. The summed E-state index contributed by atoms with van der Waals surface area (Å²) < 4.78 is 11.7. The standard InChI is InChI=1S/C22H27NO3/c1-14-11-20(23)18-3-2-4-19(18)22(14)26-17-7-8-21(24)16(12-17)6-5-15-9-10-25-13-15/h7-8,11-12,15,24H,2-6,9-10,13,23H2,1H3. The van der Waals surface area contributed by atoms with Crippen LogP contribution in [0, 0.1) is 12.8 Å². The van der Waals surface area contributed by atoms with E-state index < -0.39 is 0 Å². The highest BCUT2D eigenvalue weighted by atomic mass is 16.5. The van der Waals surface area contributed by atoms with Gasteiger partial charge in [0.15, 0.2) is 0 Å². The molecule has 1 fully saturated rings. The highest BCUT2D eigenvalue weighted by Gasteiger charge is 2.21. The summed E-state index contributed by atoms with van der Waals surface area (Å²) in [6, 6.07) is 7.57. The van der Waals surface area contributed by atoms with Crippen LogP contribution in [-0.2, 0) is 24.0 Å². The number of phenols is 1. The Morgan fingerprint density at radius 2 is 2.08 bits per heavy atom. The van der Waals surface area contributed by atoms with Gasteiger partial charge in [0.05, 0.1) is 0 Å². The van der Waals surface area contributed by atoms with Crippen molar-refractivity contribution < 1.29 is 14.6 Å².